The standard InChI is InChI=1S/C21H23FN4O4S/c1-4-25(5-2)31(29,30)15-10-11-20(27)18(12-15)24-21(28)16-13-23-26(14(16)3)19-9-7-6-8-17(19)22/h6-13,27H,4-5H2,1-3H3,(H,24,28). The summed E-state index contributed by atoms with van der Waals surface area (Å²) in [7, 11) is -3.77. The number of carbonyl (C=O) groups excluding carboxylic acids is 1. The molecule has 2 N–H and O–H groups in total. The van der Waals surface area contributed by atoms with Gasteiger partial charge in [-0.15, -0.1) is 0 Å². The van der Waals surface area contributed by atoms with Crippen LogP contribution in [0.1, 0.15) is 29.9 Å². The molecule has 1 aromatic heterocycles. The van der Waals surface area contributed by atoms with Crippen LogP contribution in [0.5, 0.6) is 5.75 Å². The number of nitrogens with zero attached hydrogens (tertiary/aromatic N) is 3. The Bertz CT molecular complexity index is 1220. The van der Waals surface area contributed by atoms with Crippen molar-refractivity contribution in [2.45, 2.75) is 25.7 Å². The Kier molecular flexibility index (Phi) is 6.42. The lowest BCUT2D eigenvalue weighted by atomic mass is 10.2. The van der Waals surface area contributed by atoms with E-state index in [0.29, 0.717) is 5.69 Å². The molecule has 1 heterocycles. The Morgan fingerprint density at radius 1 is 1.19 bits per heavy atom. The maximum atomic E-state index is 14.1. The lowest BCUT2D eigenvalue weighted by Crippen LogP contribution is -2.30. The van der Waals surface area contributed by atoms with Crippen LogP contribution in [0.2, 0.25) is 0 Å². The van der Waals surface area contributed by atoms with Crippen molar-refractivity contribution >= 4 is 21.6 Å². The molecule has 8 nitrogen and oxygen atoms in total. The predicted octanol–water partition coefficient (Wildman–Crippen LogP) is 3.31. The molecular formula is C21H23FN4O4S. The SMILES string of the molecule is CCN(CC)S(=O)(=O)c1ccc(O)c(NC(=O)c2cnn(-c3ccccc3F)c2C)c1. The molecule has 3 rings (SSSR count). The second-order valence-corrected chi connectivity index (χ2v) is 8.67. The zero-order valence-electron chi connectivity index (χ0n) is 17.3. The van der Waals surface area contributed by atoms with Crippen LogP contribution in [0, 0.1) is 12.7 Å². The summed E-state index contributed by atoms with van der Waals surface area (Å²) in [6, 6.07) is 9.71. The van der Waals surface area contributed by atoms with Crippen molar-refractivity contribution in [3.8, 4) is 11.4 Å². The van der Waals surface area contributed by atoms with Crippen molar-refractivity contribution < 1.29 is 22.7 Å². The van der Waals surface area contributed by atoms with Crippen LogP contribution < -0.4 is 5.32 Å². The van der Waals surface area contributed by atoms with Gasteiger partial charge in [0.2, 0.25) is 10.0 Å². The molecule has 1 amide bonds. The normalized spacial score (nSPS) is 11.6. The monoisotopic (exact) mass is 446 g/mol. The topological polar surface area (TPSA) is 105 Å². The van der Waals surface area contributed by atoms with Crippen molar-refractivity contribution in [1.29, 1.82) is 0 Å². The number of aromatic nitrogens is 2. The highest BCUT2D eigenvalue weighted by molar-refractivity contribution is 7.89. The second-order valence-electron chi connectivity index (χ2n) is 6.73. The Labute approximate surface area is 180 Å². The molecule has 2 aromatic carbocycles. The van der Waals surface area contributed by atoms with E-state index in [0.717, 1.165) is 0 Å². The first-order chi connectivity index (χ1) is 14.7. The fourth-order valence-electron chi connectivity index (χ4n) is 3.18. The van der Waals surface area contributed by atoms with Crippen molar-refractivity contribution in [2.75, 3.05) is 18.4 Å². The number of hydrogen-bond donors (Lipinski definition) is 2. The van der Waals surface area contributed by atoms with Gasteiger partial charge in [-0.25, -0.2) is 17.5 Å². The van der Waals surface area contributed by atoms with Crippen LogP contribution in [0.25, 0.3) is 5.69 Å². The van der Waals surface area contributed by atoms with Gasteiger partial charge in [0.05, 0.1) is 28.0 Å². The van der Waals surface area contributed by atoms with Crippen molar-refractivity contribution in [2.24, 2.45) is 0 Å². The number of amides is 1. The average molecular weight is 447 g/mol. The third kappa shape index (κ3) is 4.30. The van der Waals surface area contributed by atoms with Crippen LogP contribution in [0.15, 0.2) is 53.6 Å². The maximum absolute atomic E-state index is 14.1. The van der Waals surface area contributed by atoms with E-state index in [1.807, 2.05) is 0 Å². The van der Waals surface area contributed by atoms with Gasteiger partial charge in [0.15, 0.2) is 0 Å². The molecule has 0 aliphatic heterocycles. The number of carbonyl (C=O) groups is 1. The van der Waals surface area contributed by atoms with Gasteiger partial charge in [0, 0.05) is 13.1 Å². The summed E-state index contributed by atoms with van der Waals surface area (Å²) in [6.07, 6.45) is 1.28. The number of hydrogen-bond acceptors (Lipinski definition) is 5. The fourth-order valence-corrected chi connectivity index (χ4v) is 4.66. The van der Waals surface area contributed by atoms with Gasteiger partial charge < -0.3 is 10.4 Å². The first-order valence-corrected chi connectivity index (χ1v) is 11.1. The quantitative estimate of drug-likeness (QED) is 0.542. The van der Waals surface area contributed by atoms with E-state index in [-0.39, 0.29) is 40.7 Å². The maximum Gasteiger partial charge on any atom is 0.259 e. The molecule has 10 heteroatoms. The smallest absolute Gasteiger partial charge is 0.259 e. The fraction of sp³-hybridized carbons (Fsp3) is 0.238. The van der Waals surface area contributed by atoms with Gasteiger partial charge in [-0.05, 0) is 37.3 Å². The van der Waals surface area contributed by atoms with E-state index in [4.69, 9.17) is 0 Å². The van der Waals surface area contributed by atoms with E-state index in [2.05, 4.69) is 10.4 Å². The molecule has 0 saturated carbocycles. The third-order valence-electron chi connectivity index (χ3n) is 4.89. The molecule has 0 atom stereocenters. The number of anilines is 1. The summed E-state index contributed by atoms with van der Waals surface area (Å²) < 4.78 is 42.1. The van der Waals surface area contributed by atoms with E-state index in [1.165, 1.54) is 45.5 Å². The molecule has 0 aliphatic rings. The molecule has 3 aromatic rings. The third-order valence-corrected chi connectivity index (χ3v) is 6.94. The van der Waals surface area contributed by atoms with E-state index in [9.17, 15) is 22.7 Å². The summed E-state index contributed by atoms with van der Waals surface area (Å²) in [6.45, 7) is 5.63. The first kappa shape index (κ1) is 22.4. The van der Waals surface area contributed by atoms with Gasteiger partial charge in [0.1, 0.15) is 17.3 Å². The van der Waals surface area contributed by atoms with Gasteiger partial charge in [0.25, 0.3) is 5.91 Å². The molecule has 0 spiro atoms. The largest absolute Gasteiger partial charge is 0.506 e. The number of nitrogens with one attached hydrogen (secondary N) is 1. The number of sulfonamides is 1. The van der Waals surface area contributed by atoms with Gasteiger partial charge in [-0.2, -0.15) is 9.40 Å². The summed E-state index contributed by atoms with van der Waals surface area (Å²) in [5.41, 5.74) is 0.666. The molecule has 0 radical (unpaired) electrons. The zero-order chi connectivity index (χ0) is 22.8. The predicted molar refractivity (Wildman–Crippen MR) is 114 cm³/mol. The van der Waals surface area contributed by atoms with Crippen LogP contribution >= 0.6 is 0 Å². The van der Waals surface area contributed by atoms with Crippen LogP contribution in [0.4, 0.5) is 10.1 Å². The van der Waals surface area contributed by atoms with E-state index >= 15 is 0 Å². The van der Waals surface area contributed by atoms with Crippen LogP contribution in [-0.4, -0.2) is 46.6 Å². The van der Waals surface area contributed by atoms with Gasteiger partial charge >= 0.3 is 0 Å². The van der Waals surface area contributed by atoms with Crippen molar-refractivity contribution in [1.82, 2.24) is 14.1 Å². The second kappa shape index (κ2) is 8.86. The highest BCUT2D eigenvalue weighted by atomic mass is 32.2. The Morgan fingerprint density at radius 3 is 2.52 bits per heavy atom. The minimum Gasteiger partial charge on any atom is -0.506 e. The van der Waals surface area contributed by atoms with Crippen LogP contribution in [0.3, 0.4) is 0 Å². The Morgan fingerprint density at radius 2 is 1.87 bits per heavy atom. The first-order valence-electron chi connectivity index (χ1n) is 9.64. The lowest BCUT2D eigenvalue weighted by Gasteiger charge is -2.19. The number of halogens is 1. The molecule has 0 saturated heterocycles. The number of phenolic OH excluding ortho intramolecular Hbond substituents is 1. The summed E-state index contributed by atoms with van der Waals surface area (Å²) >= 11 is 0. The molecule has 164 valence electrons. The van der Waals surface area contributed by atoms with Crippen molar-refractivity contribution in [3.63, 3.8) is 0 Å². The number of phenols is 1. The minimum absolute atomic E-state index is 0.0527. The highest BCUT2D eigenvalue weighted by Crippen LogP contribution is 2.29. The van der Waals surface area contributed by atoms with E-state index in [1.54, 1.807) is 32.9 Å². The minimum atomic E-state index is -3.77. The number of para-hydroxylation sites is 1. The van der Waals surface area contributed by atoms with Gasteiger partial charge in [-0.1, -0.05) is 26.0 Å². The molecule has 31 heavy (non-hydrogen) atoms. The van der Waals surface area contributed by atoms with Gasteiger partial charge in [-0.3, -0.25) is 4.79 Å². The highest BCUT2D eigenvalue weighted by Gasteiger charge is 2.24. The molecule has 0 bridgehead atoms. The Hall–Kier alpha value is -3.24. The van der Waals surface area contributed by atoms with Crippen molar-refractivity contribution in [3.05, 3.63) is 65.7 Å². The molecular weight excluding hydrogens is 423 g/mol. The number of benzene rings is 2. The summed E-state index contributed by atoms with van der Waals surface area (Å²) in [5.74, 6) is -1.40. The molecule has 0 unspecified atom stereocenters. The molecule has 0 fully saturated rings. The van der Waals surface area contributed by atoms with Crippen LogP contribution in [-0.2, 0) is 10.0 Å². The summed E-state index contributed by atoms with van der Waals surface area (Å²) in [4.78, 5) is 12.7. The average Bonchev–Trinajstić information content (AvgIpc) is 3.11. The number of aromatic hydroxyl groups is 1. The molecule has 0 aliphatic carbocycles. The summed E-state index contributed by atoms with van der Waals surface area (Å²) in [5, 5.41) is 16.7. The lowest BCUT2D eigenvalue weighted by molar-refractivity contribution is 0.102. The van der Waals surface area contributed by atoms with E-state index < -0.39 is 21.7 Å². The Balaban J connectivity index is 1.92. The zero-order valence-corrected chi connectivity index (χ0v) is 18.1. The number of rotatable bonds is 7.